The number of nitrogens with one attached hydrogen (secondary N) is 1. The monoisotopic (exact) mass is 315 g/mol. The van der Waals surface area contributed by atoms with Crippen LogP contribution in [-0.4, -0.2) is 47.7 Å². The van der Waals surface area contributed by atoms with Gasteiger partial charge < -0.3 is 15.1 Å². The predicted molar refractivity (Wildman–Crippen MR) is 85.9 cm³/mol. The van der Waals surface area contributed by atoms with Crippen LogP contribution in [0.25, 0.3) is 0 Å². The van der Waals surface area contributed by atoms with Crippen molar-refractivity contribution in [1.29, 1.82) is 0 Å². The van der Waals surface area contributed by atoms with Crippen molar-refractivity contribution in [2.75, 3.05) is 13.1 Å². The topological polar surface area (TPSA) is 71.0 Å². The SMILES string of the molecule is CC(NC(=O)C1CC(c2ccccc2)=NO1)C(=O)N1CCCC1. The number of carbonyl (C=O) groups is 2. The van der Waals surface area contributed by atoms with Crippen LogP contribution in [0.3, 0.4) is 0 Å². The second-order valence-corrected chi connectivity index (χ2v) is 5.96. The summed E-state index contributed by atoms with van der Waals surface area (Å²) in [5.74, 6) is -0.322. The van der Waals surface area contributed by atoms with E-state index in [1.54, 1.807) is 11.8 Å². The normalized spacial score (nSPS) is 21.5. The number of amides is 2. The molecule has 23 heavy (non-hydrogen) atoms. The maximum Gasteiger partial charge on any atom is 0.264 e. The molecular formula is C17H21N3O3. The van der Waals surface area contributed by atoms with Gasteiger partial charge in [-0.15, -0.1) is 0 Å². The zero-order valence-corrected chi connectivity index (χ0v) is 13.2. The first-order valence-electron chi connectivity index (χ1n) is 8.02. The summed E-state index contributed by atoms with van der Waals surface area (Å²) in [5, 5.41) is 6.74. The molecule has 2 atom stereocenters. The second-order valence-electron chi connectivity index (χ2n) is 5.96. The van der Waals surface area contributed by atoms with Crippen LogP contribution < -0.4 is 5.32 Å². The molecule has 0 aliphatic carbocycles. The Morgan fingerprint density at radius 1 is 1.26 bits per heavy atom. The van der Waals surface area contributed by atoms with E-state index in [-0.39, 0.29) is 11.8 Å². The third-order valence-electron chi connectivity index (χ3n) is 4.22. The highest BCUT2D eigenvalue weighted by Crippen LogP contribution is 2.17. The first kappa shape index (κ1) is 15.5. The fourth-order valence-electron chi connectivity index (χ4n) is 2.90. The number of oxime groups is 1. The maximum atomic E-state index is 12.3. The summed E-state index contributed by atoms with van der Waals surface area (Å²) < 4.78 is 0. The fraction of sp³-hybridized carbons (Fsp3) is 0.471. The molecular weight excluding hydrogens is 294 g/mol. The third kappa shape index (κ3) is 3.52. The van der Waals surface area contributed by atoms with Gasteiger partial charge in [-0.3, -0.25) is 9.59 Å². The van der Waals surface area contributed by atoms with Gasteiger partial charge in [-0.1, -0.05) is 35.5 Å². The Morgan fingerprint density at radius 3 is 2.65 bits per heavy atom. The number of hydrogen-bond acceptors (Lipinski definition) is 4. The molecule has 6 heteroatoms. The van der Waals surface area contributed by atoms with Gasteiger partial charge >= 0.3 is 0 Å². The van der Waals surface area contributed by atoms with Crippen LogP contribution >= 0.6 is 0 Å². The molecule has 1 saturated heterocycles. The zero-order valence-electron chi connectivity index (χ0n) is 13.2. The summed E-state index contributed by atoms with van der Waals surface area (Å²) in [6.45, 7) is 3.27. The standard InChI is InChI=1S/C17H21N3O3/c1-12(17(22)20-9-5-6-10-20)18-16(21)15-11-14(19-23-15)13-7-3-2-4-8-13/h2-4,7-8,12,15H,5-6,9-11H2,1H3,(H,18,21). The maximum absolute atomic E-state index is 12.3. The molecule has 1 fully saturated rings. The van der Waals surface area contributed by atoms with Crippen molar-refractivity contribution < 1.29 is 14.4 Å². The molecule has 0 aromatic heterocycles. The van der Waals surface area contributed by atoms with E-state index < -0.39 is 12.1 Å². The summed E-state index contributed by atoms with van der Waals surface area (Å²) >= 11 is 0. The van der Waals surface area contributed by atoms with Crippen LogP contribution in [-0.2, 0) is 14.4 Å². The lowest BCUT2D eigenvalue weighted by Crippen LogP contribution is -2.48. The lowest BCUT2D eigenvalue weighted by atomic mass is 10.0. The van der Waals surface area contributed by atoms with E-state index in [9.17, 15) is 9.59 Å². The summed E-state index contributed by atoms with van der Waals surface area (Å²) in [7, 11) is 0. The van der Waals surface area contributed by atoms with Gasteiger partial charge in [0.05, 0.1) is 5.71 Å². The molecule has 1 aromatic carbocycles. The van der Waals surface area contributed by atoms with Gasteiger partial charge in [0, 0.05) is 19.5 Å². The molecule has 1 N–H and O–H groups in total. The summed E-state index contributed by atoms with van der Waals surface area (Å²) in [4.78, 5) is 31.5. The largest absolute Gasteiger partial charge is 0.382 e. The number of rotatable bonds is 4. The van der Waals surface area contributed by atoms with E-state index in [1.807, 2.05) is 30.3 Å². The van der Waals surface area contributed by atoms with Crippen molar-refractivity contribution in [2.24, 2.45) is 5.16 Å². The van der Waals surface area contributed by atoms with Gasteiger partial charge in [0.25, 0.3) is 5.91 Å². The highest BCUT2D eigenvalue weighted by molar-refractivity contribution is 6.04. The molecule has 6 nitrogen and oxygen atoms in total. The summed E-state index contributed by atoms with van der Waals surface area (Å²) in [6, 6.07) is 9.09. The quantitative estimate of drug-likeness (QED) is 0.910. The first-order valence-corrected chi connectivity index (χ1v) is 8.02. The Bertz CT molecular complexity index is 609. The van der Waals surface area contributed by atoms with E-state index in [1.165, 1.54) is 0 Å². The Kier molecular flexibility index (Phi) is 4.60. The highest BCUT2D eigenvalue weighted by Gasteiger charge is 2.32. The van der Waals surface area contributed by atoms with Crippen LogP contribution in [0.2, 0.25) is 0 Å². The predicted octanol–water partition coefficient (Wildman–Crippen LogP) is 1.31. The lowest BCUT2D eigenvalue weighted by Gasteiger charge is -2.21. The number of nitrogens with zero attached hydrogens (tertiary/aromatic N) is 2. The lowest BCUT2D eigenvalue weighted by molar-refractivity contribution is -0.138. The molecule has 122 valence electrons. The molecule has 2 aliphatic rings. The van der Waals surface area contributed by atoms with E-state index in [4.69, 9.17) is 4.84 Å². The van der Waals surface area contributed by atoms with Gasteiger partial charge in [-0.2, -0.15) is 0 Å². The fourth-order valence-corrected chi connectivity index (χ4v) is 2.90. The van der Waals surface area contributed by atoms with Gasteiger partial charge in [0.2, 0.25) is 12.0 Å². The van der Waals surface area contributed by atoms with E-state index in [0.29, 0.717) is 6.42 Å². The number of carbonyl (C=O) groups excluding carboxylic acids is 2. The number of benzene rings is 1. The Hall–Kier alpha value is -2.37. The van der Waals surface area contributed by atoms with Gasteiger partial charge in [-0.25, -0.2) is 0 Å². The van der Waals surface area contributed by atoms with E-state index in [0.717, 1.165) is 37.2 Å². The molecule has 1 aromatic rings. The van der Waals surface area contributed by atoms with Crippen molar-refractivity contribution in [3.63, 3.8) is 0 Å². The first-order chi connectivity index (χ1) is 11.1. The molecule has 0 spiro atoms. The second kappa shape index (κ2) is 6.81. The zero-order chi connectivity index (χ0) is 16.2. The van der Waals surface area contributed by atoms with E-state index in [2.05, 4.69) is 10.5 Å². The van der Waals surface area contributed by atoms with Gasteiger partial charge in [0.15, 0.2) is 0 Å². The van der Waals surface area contributed by atoms with Crippen LogP contribution in [0.15, 0.2) is 35.5 Å². The third-order valence-corrected chi connectivity index (χ3v) is 4.22. The van der Waals surface area contributed by atoms with Crippen molar-refractivity contribution in [3.05, 3.63) is 35.9 Å². The van der Waals surface area contributed by atoms with Crippen molar-refractivity contribution in [2.45, 2.75) is 38.3 Å². The van der Waals surface area contributed by atoms with E-state index >= 15 is 0 Å². The average molecular weight is 315 g/mol. The van der Waals surface area contributed by atoms with Crippen molar-refractivity contribution in [1.82, 2.24) is 10.2 Å². The summed E-state index contributed by atoms with van der Waals surface area (Å²) in [6.07, 6.45) is 1.82. The molecule has 3 rings (SSSR count). The van der Waals surface area contributed by atoms with Gasteiger partial charge in [0.1, 0.15) is 6.04 Å². The smallest absolute Gasteiger partial charge is 0.264 e. The summed E-state index contributed by atoms with van der Waals surface area (Å²) in [5.41, 5.74) is 1.70. The minimum Gasteiger partial charge on any atom is -0.382 e. The van der Waals surface area contributed by atoms with Crippen LogP contribution in [0.4, 0.5) is 0 Å². The molecule has 0 radical (unpaired) electrons. The van der Waals surface area contributed by atoms with Crippen LogP contribution in [0.5, 0.6) is 0 Å². The van der Waals surface area contributed by atoms with Crippen LogP contribution in [0, 0.1) is 0 Å². The van der Waals surface area contributed by atoms with Crippen molar-refractivity contribution >= 4 is 17.5 Å². The van der Waals surface area contributed by atoms with Crippen LogP contribution in [0.1, 0.15) is 31.7 Å². The number of hydrogen-bond donors (Lipinski definition) is 1. The Balaban J connectivity index is 1.53. The minimum absolute atomic E-state index is 0.0296. The minimum atomic E-state index is -0.668. The molecule has 2 amide bonds. The molecule has 2 unspecified atom stereocenters. The highest BCUT2D eigenvalue weighted by atomic mass is 16.6. The average Bonchev–Trinajstić information content (AvgIpc) is 3.26. The van der Waals surface area contributed by atoms with Gasteiger partial charge in [-0.05, 0) is 25.3 Å². The number of likely N-dealkylation sites (tertiary alicyclic amines) is 1. The van der Waals surface area contributed by atoms with Crippen molar-refractivity contribution in [3.8, 4) is 0 Å². The molecule has 2 aliphatic heterocycles. The molecule has 0 saturated carbocycles. The Morgan fingerprint density at radius 2 is 1.96 bits per heavy atom. The molecule has 0 bridgehead atoms. The Labute approximate surface area is 135 Å². The molecule has 2 heterocycles.